The summed E-state index contributed by atoms with van der Waals surface area (Å²) in [6, 6.07) is 6.01. The van der Waals surface area contributed by atoms with Crippen LogP contribution >= 0.6 is 0 Å². The SMILES string of the molecule is NCC1(Cc2ccc(OC(F)(F)F)cc2)CC1. The summed E-state index contributed by atoms with van der Waals surface area (Å²) >= 11 is 0. The molecule has 1 aliphatic carbocycles. The largest absolute Gasteiger partial charge is 0.573 e. The van der Waals surface area contributed by atoms with Crippen molar-refractivity contribution >= 4 is 0 Å². The molecule has 1 fully saturated rings. The van der Waals surface area contributed by atoms with Gasteiger partial charge >= 0.3 is 6.36 Å². The standard InChI is InChI=1S/C12H14F3NO/c13-12(14,15)17-10-3-1-9(2-4-10)7-11(8-16)5-6-11/h1-4H,5-8,16H2. The van der Waals surface area contributed by atoms with Crippen molar-refractivity contribution in [3.8, 4) is 5.75 Å². The molecule has 17 heavy (non-hydrogen) atoms. The van der Waals surface area contributed by atoms with Crippen molar-refractivity contribution in [1.29, 1.82) is 0 Å². The van der Waals surface area contributed by atoms with Crippen molar-refractivity contribution in [1.82, 2.24) is 0 Å². The molecule has 5 heteroatoms. The van der Waals surface area contributed by atoms with Crippen molar-refractivity contribution < 1.29 is 17.9 Å². The minimum atomic E-state index is -4.63. The van der Waals surface area contributed by atoms with Gasteiger partial charge in [0.05, 0.1) is 0 Å². The van der Waals surface area contributed by atoms with Gasteiger partial charge < -0.3 is 10.5 Å². The van der Waals surface area contributed by atoms with E-state index in [1.54, 1.807) is 12.1 Å². The van der Waals surface area contributed by atoms with Crippen molar-refractivity contribution in [2.24, 2.45) is 11.1 Å². The number of nitrogens with two attached hydrogens (primary N) is 1. The molecule has 0 unspecified atom stereocenters. The highest BCUT2D eigenvalue weighted by atomic mass is 19.4. The fourth-order valence-corrected chi connectivity index (χ4v) is 1.87. The van der Waals surface area contributed by atoms with Gasteiger partial charge in [-0.3, -0.25) is 0 Å². The zero-order valence-corrected chi connectivity index (χ0v) is 9.26. The Balaban J connectivity index is 1.98. The lowest BCUT2D eigenvalue weighted by atomic mass is 9.97. The molecule has 0 radical (unpaired) electrons. The predicted octanol–water partition coefficient (Wildman–Crippen LogP) is 2.87. The highest BCUT2D eigenvalue weighted by molar-refractivity contribution is 5.28. The molecule has 2 nitrogen and oxygen atoms in total. The lowest BCUT2D eigenvalue weighted by Gasteiger charge is -2.13. The fraction of sp³-hybridized carbons (Fsp3) is 0.500. The molecule has 0 heterocycles. The summed E-state index contributed by atoms with van der Waals surface area (Å²) < 4.78 is 39.6. The molecule has 0 aromatic heterocycles. The maximum absolute atomic E-state index is 11.9. The second-order valence-electron chi connectivity index (χ2n) is 4.57. The van der Waals surface area contributed by atoms with Crippen molar-refractivity contribution in [3.63, 3.8) is 0 Å². The van der Waals surface area contributed by atoms with E-state index in [0.29, 0.717) is 6.54 Å². The predicted molar refractivity (Wildman–Crippen MR) is 57.6 cm³/mol. The molecule has 1 aromatic carbocycles. The van der Waals surface area contributed by atoms with E-state index in [0.717, 1.165) is 24.8 Å². The van der Waals surface area contributed by atoms with Crippen LogP contribution in [-0.4, -0.2) is 12.9 Å². The Morgan fingerprint density at radius 3 is 2.18 bits per heavy atom. The Kier molecular flexibility index (Phi) is 3.03. The summed E-state index contributed by atoms with van der Waals surface area (Å²) in [7, 11) is 0. The normalized spacial score (nSPS) is 17.9. The van der Waals surface area contributed by atoms with Crippen LogP contribution in [0.4, 0.5) is 13.2 Å². The Hall–Kier alpha value is -1.23. The van der Waals surface area contributed by atoms with Crippen LogP contribution in [0.2, 0.25) is 0 Å². The summed E-state index contributed by atoms with van der Waals surface area (Å²) in [5.41, 5.74) is 6.85. The Morgan fingerprint density at radius 2 is 1.76 bits per heavy atom. The van der Waals surface area contributed by atoms with E-state index in [2.05, 4.69) is 4.74 Å². The van der Waals surface area contributed by atoms with Crippen molar-refractivity contribution in [2.75, 3.05) is 6.54 Å². The zero-order valence-electron chi connectivity index (χ0n) is 9.26. The van der Waals surface area contributed by atoms with E-state index in [-0.39, 0.29) is 11.2 Å². The van der Waals surface area contributed by atoms with E-state index in [4.69, 9.17) is 5.73 Å². The first-order chi connectivity index (χ1) is 7.92. The van der Waals surface area contributed by atoms with Gasteiger partial charge in [0, 0.05) is 0 Å². The molecule has 2 N–H and O–H groups in total. The Morgan fingerprint density at radius 1 is 1.18 bits per heavy atom. The molecule has 0 saturated heterocycles. The Labute approximate surface area is 97.6 Å². The maximum Gasteiger partial charge on any atom is 0.573 e. The average molecular weight is 245 g/mol. The van der Waals surface area contributed by atoms with Crippen molar-refractivity contribution in [3.05, 3.63) is 29.8 Å². The molecule has 2 rings (SSSR count). The third-order valence-corrected chi connectivity index (χ3v) is 3.13. The van der Waals surface area contributed by atoms with Gasteiger partial charge in [0.1, 0.15) is 5.75 Å². The summed E-state index contributed by atoms with van der Waals surface area (Å²) in [6.07, 6.45) is -1.60. The van der Waals surface area contributed by atoms with Gasteiger partial charge in [0.15, 0.2) is 0 Å². The zero-order chi connectivity index (χ0) is 12.5. The van der Waals surface area contributed by atoms with E-state index in [1.807, 2.05) is 0 Å². The minimum absolute atomic E-state index is 0.182. The van der Waals surface area contributed by atoms with Crippen LogP contribution in [0, 0.1) is 5.41 Å². The summed E-state index contributed by atoms with van der Waals surface area (Å²) in [5.74, 6) is -0.182. The summed E-state index contributed by atoms with van der Waals surface area (Å²) in [5, 5.41) is 0. The van der Waals surface area contributed by atoms with Gasteiger partial charge in [-0.2, -0.15) is 0 Å². The molecule has 0 spiro atoms. The van der Waals surface area contributed by atoms with E-state index >= 15 is 0 Å². The monoisotopic (exact) mass is 245 g/mol. The number of hydrogen-bond acceptors (Lipinski definition) is 2. The van der Waals surface area contributed by atoms with Crippen LogP contribution in [0.3, 0.4) is 0 Å². The number of halogens is 3. The third kappa shape index (κ3) is 3.36. The fourth-order valence-electron chi connectivity index (χ4n) is 1.87. The van der Waals surface area contributed by atoms with Crippen LogP contribution in [0.1, 0.15) is 18.4 Å². The second kappa shape index (κ2) is 4.22. The second-order valence-corrected chi connectivity index (χ2v) is 4.57. The number of rotatable bonds is 4. The molecule has 0 aliphatic heterocycles. The van der Waals surface area contributed by atoms with E-state index < -0.39 is 6.36 Å². The lowest BCUT2D eigenvalue weighted by Crippen LogP contribution is -2.18. The lowest BCUT2D eigenvalue weighted by molar-refractivity contribution is -0.274. The molecule has 0 bridgehead atoms. The van der Waals surface area contributed by atoms with Crippen LogP contribution in [0.25, 0.3) is 0 Å². The molecular formula is C12H14F3NO. The number of alkyl halides is 3. The average Bonchev–Trinajstić information content (AvgIpc) is 3.00. The minimum Gasteiger partial charge on any atom is -0.406 e. The first kappa shape index (κ1) is 12.2. The van der Waals surface area contributed by atoms with Crippen LogP contribution in [-0.2, 0) is 6.42 Å². The third-order valence-electron chi connectivity index (χ3n) is 3.13. The highest BCUT2D eigenvalue weighted by Crippen LogP contribution is 2.47. The smallest absolute Gasteiger partial charge is 0.406 e. The summed E-state index contributed by atoms with van der Waals surface area (Å²) in [4.78, 5) is 0. The molecule has 0 amide bonds. The van der Waals surface area contributed by atoms with E-state index in [1.165, 1.54) is 12.1 Å². The molecule has 1 aliphatic rings. The number of hydrogen-bond donors (Lipinski definition) is 1. The number of ether oxygens (including phenoxy) is 1. The van der Waals surface area contributed by atoms with Gasteiger partial charge in [-0.1, -0.05) is 12.1 Å². The molecule has 1 saturated carbocycles. The quantitative estimate of drug-likeness (QED) is 0.885. The van der Waals surface area contributed by atoms with Crippen molar-refractivity contribution in [2.45, 2.75) is 25.6 Å². The van der Waals surface area contributed by atoms with Gasteiger partial charge in [0.2, 0.25) is 0 Å². The maximum atomic E-state index is 11.9. The molecule has 1 aromatic rings. The highest BCUT2D eigenvalue weighted by Gasteiger charge is 2.40. The van der Waals surface area contributed by atoms with Crippen LogP contribution in [0.5, 0.6) is 5.75 Å². The van der Waals surface area contributed by atoms with Gasteiger partial charge in [-0.15, -0.1) is 13.2 Å². The van der Waals surface area contributed by atoms with Gasteiger partial charge in [0.25, 0.3) is 0 Å². The van der Waals surface area contributed by atoms with Gasteiger partial charge in [-0.25, -0.2) is 0 Å². The topological polar surface area (TPSA) is 35.2 Å². The number of benzene rings is 1. The molecule has 0 atom stereocenters. The first-order valence-corrected chi connectivity index (χ1v) is 5.47. The van der Waals surface area contributed by atoms with Crippen LogP contribution < -0.4 is 10.5 Å². The first-order valence-electron chi connectivity index (χ1n) is 5.47. The van der Waals surface area contributed by atoms with Gasteiger partial charge in [-0.05, 0) is 48.9 Å². The molecule has 94 valence electrons. The van der Waals surface area contributed by atoms with Crippen LogP contribution in [0.15, 0.2) is 24.3 Å². The Bertz CT molecular complexity index is 382. The molecular weight excluding hydrogens is 231 g/mol. The van der Waals surface area contributed by atoms with E-state index in [9.17, 15) is 13.2 Å². The summed E-state index contributed by atoms with van der Waals surface area (Å²) in [6.45, 7) is 0.633.